The van der Waals surface area contributed by atoms with Crippen LogP contribution in [0.4, 0.5) is 5.69 Å². The molecule has 1 aromatic rings. The minimum Gasteiger partial charge on any atom is -0.376 e. The van der Waals surface area contributed by atoms with Crippen LogP contribution < -0.4 is 4.90 Å². The monoisotopic (exact) mass is 255 g/mol. The van der Waals surface area contributed by atoms with Crippen molar-refractivity contribution in [1.29, 1.82) is 0 Å². The second-order valence-corrected chi connectivity index (χ2v) is 6.61. The zero-order valence-corrected chi connectivity index (χ0v) is 12.5. The van der Waals surface area contributed by atoms with Crippen molar-refractivity contribution < 1.29 is 0 Å². The molecule has 90 valence electrons. The number of hydrogen-bond donors (Lipinski definition) is 0. The fraction of sp³-hybridized carbons (Fsp3) is 0.692. The minimum absolute atomic E-state index is 0.407. The third-order valence-electron chi connectivity index (χ3n) is 2.78. The molecule has 0 aliphatic carbocycles. The van der Waals surface area contributed by atoms with Crippen molar-refractivity contribution in [2.45, 2.75) is 40.0 Å². The van der Waals surface area contributed by atoms with E-state index in [4.69, 9.17) is 24.4 Å². The third-order valence-corrected chi connectivity index (χ3v) is 3.76. The average Bonchev–Trinajstić information content (AvgIpc) is 2.13. The molecule has 0 atom stereocenters. The Morgan fingerprint density at radius 3 is 2.06 bits per heavy atom. The van der Waals surface area contributed by atoms with Gasteiger partial charge in [0, 0.05) is 14.1 Å². The van der Waals surface area contributed by atoms with Crippen LogP contribution in [0.5, 0.6) is 0 Å². The summed E-state index contributed by atoms with van der Waals surface area (Å²) in [6.45, 7) is 6.83. The molecule has 1 rings (SSSR count). The van der Waals surface area contributed by atoms with E-state index in [0.717, 1.165) is 15.4 Å². The molecule has 0 aliphatic rings. The van der Waals surface area contributed by atoms with E-state index in [-0.39, 0.29) is 0 Å². The van der Waals surface area contributed by atoms with Gasteiger partial charge in [-0.2, -0.15) is 0 Å². The zero-order chi connectivity index (χ0) is 12.5. The van der Waals surface area contributed by atoms with E-state index in [1.807, 2.05) is 14.1 Å². The Morgan fingerprint density at radius 1 is 1.06 bits per heavy atom. The molecule has 0 unspecified atom stereocenters. The predicted octanol–water partition coefficient (Wildman–Crippen LogP) is 4.46. The maximum Gasteiger partial charge on any atom is 0.0797 e. The smallest absolute Gasteiger partial charge is 0.0797 e. The quantitative estimate of drug-likeness (QED) is 0.732. The average molecular weight is 255 g/mol. The first-order valence-electron chi connectivity index (χ1n) is 5.73. The summed E-state index contributed by atoms with van der Waals surface area (Å²) in [5.74, 6) is 0. The predicted molar refractivity (Wildman–Crippen MR) is 77.2 cm³/mol. The van der Waals surface area contributed by atoms with Crippen LogP contribution in [-0.4, -0.2) is 14.1 Å². The van der Waals surface area contributed by atoms with Crippen molar-refractivity contribution in [1.82, 2.24) is 0 Å². The van der Waals surface area contributed by atoms with E-state index in [9.17, 15) is 0 Å². The van der Waals surface area contributed by atoms with E-state index >= 15 is 0 Å². The molecule has 0 spiro atoms. The number of anilines is 1. The van der Waals surface area contributed by atoms with Crippen LogP contribution in [0.15, 0.2) is 0 Å². The van der Waals surface area contributed by atoms with Gasteiger partial charge < -0.3 is 4.90 Å². The highest BCUT2D eigenvalue weighted by Gasteiger charge is 2.17. The van der Waals surface area contributed by atoms with Gasteiger partial charge in [0.2, 0.25) is 0 Å². The van der Waals surface area contributed by atoms with Crippen LogP contribution in [0.2, 0.25) is 0 Å². The summed E-state index contributed by atoms with van der Waals surface area (Å²) in [5, 5.41) is 0. The van der Waals surface area contributed by atoms with Crippen molar-refractivity contribution in [2.75, 3.05) is 19.0 Å². The van der Waals surface area contributed by atoms with Crippen molar-refractivity contribution >= 4 is 30.1 Å². The molecule has 0 amide bonds. The lowest BCUT2D eigenvalue weighted by molar-refractivity contribution is 0.365. The first-order chi connectivity index (χ1) is 7.24. The van der Waals surface area contributed by atoms with Crippen molar-refractivity contribution in [3.05, 3.63) is 14.6 Å². The van der Waals surface area contributed by atoms with E-state index in [2.05, 4.69) is 25.7 Å². The summed E-state index contributed by atoms with van der Waals surface area (Å²) in [6.07, 6.45) is 3.50. The Labute approximate surface area is 109 Å². The minimum atomic E-state index is 0.407. The molecule has 3 heteroatoms. The lowest BCUT2D eigenvalue weighted by Crippen LogP contribution is -2.16. The summed E-state index contributed by atoms with van der Waals surface area (Å²) < 4.78 is 1.80. The SMILES string of the molecule is CN(C)c1c(CCCC(C)(C)C)c(=S)c1=S. The fourth-order valence-electron chi connectivity index (χ4n) is 1.93. The molecular formula is C13H21NS2. The fourth-order valence-corrected chi connectivity index (χ4v) is 2.65. The van der Waals surface area contributed by atoms with Gasteiger partial charge in [0.1, 0.15) is 0 Å². The van der Waals surface area contributed by atoms with Crippen molar-refractivity contribution in [2.24, 2.45) is 5.41 Å². The molecule has 16 heavy (non-hydrogen) atoms. The number of hydrogen-bond acceptors (Lipinski definition) is 3. The highest BCUT2D eigenvalue weighted by molar-refractivity contribution is 7.74. The van der Waals surface area contributed by atoms with E-state index in [1.54, 1.807) is 0 Å². The lowest BCUT2D eigenvalue weighted by atomic mass is 9.88. The Bertz CT molecular complexity index is 431. The van der Waals surface area contributed by atoms with Gasteiger partial charge >= 0.3 is 0 Å². The van der Waals surface area contributed by atoms with Crippen LogP contribution in [-0.2, 0) is 6.42 Å². The summed E-state index contributed by atoms with van der Waals surface area (Å²) in [6, 6.07) is 0. The van der Waals surface area contributed by atoms with Crippen LogP contribution in [0.3, 0.4) is 0 Å². The molecule has 0 N–H and O–H groups in total. The first kappa shape index (κ1) is 13.8. The first-order valence-corrected chi connectivity index (χ1v) is 6.55. The van der Waals surface area contributed by atoms with Gasteiger partial charge in [0.05, 0.1) is 14.7 Å². The van der Waals surface area contributed by atoms with Crippen LogP contribution in [0, 0.1) is 14.4 Å². The molecule has 0 bridgehead atoms. The molecule has 0 saturated carbocycles. The normalized spacial score (nSPS) is 12.1. The topological polar surface area (TPSA) is 3.24 Å². The maximum atomic E-state index is 5.31. The number of rotatable bonds is 4. The van der Waals surface area contributed by atoms with Crippen LogP contribution >= 0.6 is 24.4 Å². The van der Waals surface area contributed by atoms with Crippen molar-refractivity contribution in [3.8, 4) is 0 Å². The summed E-state index contributed by atoms with van der Waals surface area (Å²) in [5.41, 5.74) is 2.90. The molecule has 0 radical (unpaired) electrons. The van der Waals surface area contributed by atoms with E-state index < -0.39 is 0 Å². The molecule has 1 aromatic carbocycles. The van der Waals surface area contributed by atoms with Gasteiger partial charge in [-0.3, -0.25) is 0 Å². The Hall–Kier alpha value is -0.280. The Kier molecular flexibility index (Phi) is 4.24. The van der Waals surface area contributed by atoms with Crippen LogP contribution in [0.25, 0.3) is 0 Å². The van der Waals surface area contributed by atoms with Crippen molar-refractivity contribution in [3.63, 3.8) is 0 Å². The molecule has 1 nitrogen and oxygen atoms in total. The second-order valence-electron chi connectivity index (χ2n) is 5.79. The second kappa shape index (κ2) is 4.92. The largest absolute Gasteiger partial charge is 0.376 e. The molecule has 0 fully saturated rings. The van der Waals surface area contributed by atoms with Gasteiger partial charge in [-0.05, 0) is 30.2 Å². The summed E-state index contributed by atoms with van der Waals surface area (Å²) >= 11 is 10.6. The van der Waals surface area contributed by atoms with E-state index in [0.29, 0.717) is 5.41 Å². The van der Waals surface area contributed by atoms with Gasteiger partial charge in [-0.1, -0.05) is 45.2 Å². The zero-order valence-electron chi connectivity index (χ0n) is 10.9. The van der Waals surface area contributed by atoms with Crippen LogP contribution in [0.1, 0.15) is 39.2 Å². The van der Waals surface area contributed by atoms with Gasteiger partial charge in [0.15, 0.2) is 0 Å². The Morgan fingerprint density at radius 2 is 1.62 bits per heavy atom. The molecular weight excluding hydrogens is 234 g/mol. The standard InChI is InChI=1S/C13H21NS2/c1-13(2,3)8-6-7-9-10(14(4)5)12(16)11(9)15/h6-8H2,1-5H3. The van der Waals surface area contributed by atoms with E-state index in [1.165, 1.54) is 24.1 Å². The maximum absolute atomic E-state index is 5.31. The lowest BCUT2D eigenvalue weighted by Gasteiger charge is -2.23. The summed E-state index contributed by atoms with van der Waals surface area (Å²) in [4.78, 5) is 2.09. The highest BCUT2D eigenvalue weighted by Crippen LogP contribution is 2.31. The molecule has 0 heterocycles. The molecule has 0 aliphatic heterocycles. The molecule has 0 aromatic heterocycles. The summed E-state index contributed by atoms with van der Waals surface area (Å²) in [7, 11) is 4.07. The van der Waals surface area contributed by atoms with Gasteiger partial charge in [-0.15, -0.1) is 0 Å². The third kappa shape index (κ3) is 3.11. The molecule has 0 saturated heterocycles. The Balaban J connectivity index is 2.66. The van der Waals surface area contributed by atoms with Gasteiger partial charge in [0.25, 0.3) is 0 Å². The highest BCUT2D eigenvalue weighted by atomic mass is 32.1. The van der Waals surface area contributed by atoms with Gasteiger partial charge in [-0.25, -0.2) is 0 Å². The number of nitrogens with zero attached hydrogens (tertiary/aromatic N) is 1.